The second kappa shape index (κ2) is 2.88. The number of hydrogen-bond donors (Lipinski definition) is 0. The molecule has 0 aliphatic carbocycles. The maximum atomic E-state index is 5.15. The van der Waals surface area contributed by atoms with E-state index in [2.05, 4.69) is 13.5 Å². The molecule has 0 aromatic heterocycles. The van der Waals surface area contributed by atoms with Crippen LogP contribution in [-0.4, -0.2) is 12.2 Å². The Morgan fingerprint density at radius 3 is 2.25 bits per heavy atom. The van der Waals surface area contributed by atoms with Crippen LogP contribution < -0.4 is 0 Å². The fourth-order valence-corrected chi connectivity index (χ4v) is 0.322. The summed E-state index contributed by atoms with van der Waals surface area (Å²) in [6, 6.07) is 0. The van der Waals surface area contributed by atoms with Crippen LogP contribution >= 0.6 is 0 Å². The molecule has 0 amide bonds. The monoisotopic (exact) mass is 113 g/mol. The first-order chi connectivity index (χ1) is 3.62. The van der Waals surface area contributed by atoms with Gasteiger partial charge in [-0.25, -0.2) is 0 Å². The van der Waals surface area contributed by atoms with Crippen molar-refractivity contribution in [2.24, 2.45) is 0 Å². The Balaban J connectivity index is 3.53. The Morgan fingerprint density at radius 2 is 2.12 bits per heavy atom. The van der Waals surface area contributed by atoms with E-state index in [1.54, 1.807) is 6.08 Å². The van der Waals surface area contributed by atoms with Crippen molar-refractivity contribution >= 4 is 0 Å². The smallest absolute Gasteiger partial charge is 0.0803 e. The molecule has 0 aromatic carbocycles. The molecule has 0 unspecified atom stereocenters. The predicted molar refractivity (Wildman–Crippen MR) is 35.6 cm³/mol. The molecule has 8 heavy (non-hydrogen) atoms. The zero-order valence-electron chi connectivity index (χ0n) is 5.61. The minimum Gasteiger partial charge on any atom is -0.372 e. The van der Waals surface area contributed by atoms with Gasteiger partial charge in [0.15, 0.2) is 0 Å². The summed E-state index contributed by atoms with van der Waals surface area (Å²) in [6.45, 7) is 11.5. The van der Waals surface area contributed by atoms with Gasteiger partial charge in [0.2, 0.25) is 0 Å². The molecule has 0 saturated heterocycles. The van der Waals surface area contributed by atoms with Crippen molar-refractivity contribution in [2.75, 3.05) is 6.61 Å². The minimum atomic E-state index is -0.207. The van der Waals surface area contributed by atoms with Gasteiger partial charge in [-0.1, -0.05) is 6.08 Å². The van der Waals surface area contributed by atoms with E-state index >= 15 is 0 Å². The lowest BCUT2D eigenvalue weighted by molar-refractivity contribution is 0.0382. The SMILES string of the molecule is [CH2]COC(C)(C)C=C. The van der Waals surface area contributed by atoms with Gasteiger partial charge < -0.3 is 4.74 Å². The topological polar surface area (TPSA) is 9.23 Å². The molecule has 0 aliphatic rings. The van der Waals surface area contributed by atoms with E-state index in [0.29, 0.717) is 6.61 Å². The van der Waals surface area contributed by atoms with Crippen LogP contribution in [0.2, 0.25) is 0 Å². The van der Waals surface area contributed by atoms with Gasteiger partial charge in [-0.05, 0) is 20.8 Å². The fraction of sp³-hybridized carbons (Fsp3) is 0.571. The molecule has 0 rings (SSSR count). The summed E-state index contributed by atoms with van der Waals surface area (Å²) >= 11 is 0. The van der Waals surface area contributed by atoms with E-state index in [4.69, 9.17) is 4.74 Å². The van der Waals surface area contributed by atoms with Crippen molar-refractivity contribution in [3.63, 3.8) is 0 Å². The summed E-state index contributed by atoms with van der Waals surface area (Å²) in [6.07, 6.45) is 1.76. The Kier molecular flexibility index (Phi) is 2.77. The first-order valence-corrected chi connectivity index (χ1v) is 2.69. The average Bonchev–Trinajstić information content (AvgIpc) is 1.67. The Labute approximate surface area is 51.4 Å². The maximum Gasteiger partial charge on any atom is 0.0803 e. The number of rotatable bonds is 3. The first-order valence-electron chi connectivity index (χ1n) is 2.69. The van der Waals surface area contributed by atoms with E-state index < -0.39 is 0 Å². The largest absolute Gasteiger partial charge is 0.372 e. The zero-order chi connectivity index (χ0) is 6.62. The second-order valence-electron chi connectivity index (χ2n) is 2.16. The lowest BCUT2D eigenvalue weighted by atomic mass is 10.1. The standard InChI is InChI=1S/C7H13O/c1-5-7(3,4)8-6-2/h5H,1-2,6H2,3-4H3. The summed E-state index contributed by atoms with van der Waals surface area (Å²) in [5.41, 5.74) is -0.207. The van der Waals surface area contributed by atoms with E-state index in [-0.39, 0.29) is 5.60 Å². The second-order valence-corrected chi connectivity index (χ2v) is 2.16. The molecule has 1 radical (unpaired) electrons. The maximum absolute atomic E-state index is 5.15. The van der Waals surface area contributed by atoms with E-state index in [9.17, 15) is 0 Å². The molecule has 0 N–H and O–H groups in total. The van der Waals surface area contributed by atoms with Crippen LogP contribution in [0.3, 0.4) is 0 Å². The van der Waals surface area contributed by atoms with Crippen molar-refractivity contribution in [3.8, 4) is 0 Å². The summed E-state index contributed by atoms with van der Waals surface area (Å²) < 4.78 is 5.15. The van der Waals surface area contributed by atoms with Crippen LogP contribution in [0.1, 0.15) is 13.8 Å². The third-order valence-electron chi connectivity index (χ3n) is 0.966. The van der Waals surface area contributed by atoms with Gasteiger partial charge in [0.05, 0.1) is 5.60 Å². The van der Waals surface area contributed by atoms with Gasteiger partial charge >= 0.3 is 0 Å². The summed E-state index contributed by atoms with van der Waals surface area (Å²) in [4.78, 5) is 0. The van der Waals surface area contributed by atoms with Crippen LogP contribution in [0.4, 0.5) is 0 Å². The van der Waals surface area contributed by atoms with Crippen LogP contribution in [0, 0.1) is 6.92 Å². The molecule has 0 spiro atoms. The third-order valence-corrected chi connectivity index (χ3v) is 0.966. The van der Waals surface area contributed by atoms with Crippen molar-refractivity contribution < 1.29 is 4.74 Å². The van der Waals surface area contributed by atoms with Crippen molar-refractivity contribution in [3.05, 3.63) is 19.6 Å². The normalized spacial score (nSPS) is 11.4. The van der Waals surface area contributed by atoms with Crippen LogP contribution in [0.5, 0.6) is 0 Å². The minimum absolute atomic E-state index is 0.207. The molecule has 0 atom stereocenters. The van der Waals surface area contributed by atoms with Gasteiger partial charge in [-0.15, -0.1) is 6.58 Å². The fourth-order valence-electron chi connectivity index (χ4n) is 0.322. The molecule has 0 heterocycles. The van der Waals surface area contributed by atoms with Gasteiger partial charge in [0.1, 0.15) is 0 Å². The first kappa shape index (κ1) is 7.70. The van der Waals surface area contributed by atoms with E-state index in [0.717, 1.165) is 0 Å². The molecular weight excluding hydrogens is 100 g/mol. The van der Waals surface area contributed by atoms with Crippen molar-refractivity contribution in [1.29, 1.82) is 0 Å². The van der Waals surface area contributed by atoms with E-state index in [1.165, 1.54) is 0 Å². The predicted octanol–water partition coefficient (Wildman–Crippen LogP) is 1.80. The van der Waals surface area contributed by atoms with Gasteiger partial charge in [0, 0.05) is 6.61 Å². The molecule has 1 nitrogen and oxygen atoms in total. The molecule has 1 heteroatoms. The van der Waals surface area contributed by atoms with Gasteiger partial charge in [-0.3, -0.25) is 0 Å². The Bertz CT molecular complexity index is 74.5. The summed E-state index contributed by atoms with van der Waals surface area (Å²) in [7, 11) is 0. The molecule has 47 valence electrons. The highest BCUT2D eigenvalue weighted by Gasteiger charge is 2.09. The van der Waals surface area contributed by atoms with Crippen molar-refractivity contribution in [1.82, 2.24) is 0 Å². The lowest BCUT2D eigenvalue weighted by Crippen LogP contribution is -2.20. The van der Waals surface area contributed by atoms with Crippen LogP contribution in [-0.2, 0) is 4.74 Å². The Hall–Kier alpha value is -0.300. The molecular formula is C7H13O. The molecule has 0 aromatic rings. The highest BCUT2D eigenvalue weighted by molar-refractivity contribution is 4.89. The summed E-state index contributed by atoms with van der Waals surface area (Å²) in [5, 5.41) is 0. The number of hydrogen-bond acceptors (Lipinski definition) is 1. The quantitative estimate of drug-likeness (QED) is 0.507. The molecule has 0 saturated carbocycles. The van der Waals surface area contributed by atoms with Crippen LogP contribution in [0.25, 0.3) is 0 Å². The summed E-state index contributed by atoms with van der Waals surface area (Å²) in [5.74, 6) is 0. The molecule has 0 fully saturated rings. The lowest BCUT2D eigenvalue weighted by Gasteiger charge is -2.18. The van der Waals surface area contributed by atoms with Gasteiger partial charge in [0.25, 0.3) is 0 Å². The molecule has 0 aliphatic heterocycles. The van der Waals surface area contributed by atoms with Crippen molar-refractivity contribution in [2.45, 2.75) is 19.4 Å². The highest BCUT2D eigenvalue weighted by atomic mass is 16.5. The number of ether oxygens (including phenoxy) is 1. The third kappa shape index (κ3) is 2.80. The van der Waals surface area contributed by atoms with E-state index in [1.807, 2.05) is 13.8 Å². The van der Waals surface area contributed by atoms with Crippen LogP contribution in [0.15, 0.2) is 12.7 Å². The zero-order valence-corrected chi connectivity index (χ0v) is 5.61. The average molecular weight is 113 g/mol. The molecule has 0 bridgehead atoms. The Morgan fingerprint density at radius 1 is 1.62 bits per heavy atom. The highest BCUT2D eigenvalue weighted by Crippen LogP contribution is 2.07. The van der Waals surface area contributed by atoms with Gasteiger partial charge in [-0.2, -0.15) is 0 Å².